The fraction of sp³-hybridized carbons (Fsp3) is 0.846. The molecule has 1 aliphatic heterocycles. The van der Waals surface area contributed by atoms with Crippen molar-refractivity contribution in [2.75, 3.05) is 44.7 Å². The Balaban J connectivity index is 1.69. The Hall–Kier alpha value is -1.14. The van der Waals surface area contributed by atoms with Gasteiger partial charge in [-0.1, -0.05) is 6.42 Å². The third kappa shape index (κ3) is 2.60. The van der Waals surface area contributed by atoms with Crippen LogP contribution in [0.4, 0.5) is 5.95 Å². The van der Waals surface area contributed by atoms with Crippen LogP contribution < -0.4 is 10.6 Å². The van der Waals surface area contributed by atoms with E-state index in [1.54, 1.807) is 0 Å². The Kier molecular flexibility index (Phi) is 3.70. The van der Waals surface area contributed by atoms with E-state index in [1.807, 2.05) is 0 Å². The van der Waals surface area contributed by atoms with Crippen LogP contribution in [0.1, 0.15) is 31.1 Å². The molecule has 0 aromatic carbocycles. The maximum atomic E-state index is 5.82. The highest BCUT2D eigenvalue weighted by Gasteiger charge is 2.32. The summed E-state index contributed by atoms with van der Waals surface area (Å²) in [4.78, 5) is 9.14. The number of rotatable bonds is 3. The molecule has 1 aromatic rings. The summed E-state index contributed by atoms with van der Waals surface area (Å²) in [6.45, 7) is 4.77. The fourth-order valence-corrected chi connectivity index (χ4v) is 3.16. The number of piperazine rings is 1. The van der Waals surface area contributed by atoms with Crippen molar-refractivity contribution in [1.82, 2.24) is 15.0 Å². The number of hydrogen-bond acceptors (Lipinski definition) is 6. The summed E-state index contributed by atoms with van der Waals surface area (Å²) in [5, 5.41) is 4.16. The van der Waals surface area contributed by atoms with E-state index in [0.717, 1.165) is 51.0 Å². The van der Waals surface area contributed by atoms with Crippen molar-refractivity contribution in [3.63, 3.8) is 0 Å². The van der Waals surface area contributed by atoms with Crippen molar-refractivity contribution in [1.29, 1.82) is 0 Å². The maximum Gasteiger partial charge on any atom is 0.266 e. The molecule has 6 nitrogen and oxygen atoms in total. The SMILES string of the molecule is CN1CCN(c2noc(C3CCCC3CN)n2)CC1. The van der Waals surface area contributed by atoms with Crippen LogP contribution in [0.5, 0.6) is 0 Å². The molecule has 0 spiro atoms. The van der Waals surface area contributed by atoms with Crippen molar-refractivity contribution in [2.24, 2.45) is 11.7 Å². The van der Waals surface area contributed by atoms with Crippen molar-refractivity contribution in [2.45, 2.75) is 25.2 Å². The number of nitrogens with two attached hydrogens (primary N) is 1. The van der Waals surface area contributed by atoms with Crippen LogP contribution >= 0.6 is 0 Å². The predicted octanol–water partition coefficient (Wildman–Crippen LogP) is 0.664. The number of anilines is 1. The van der Waals surface area contributed by atoms with Gasteiger partial charge in [0.15, 0.2) is 0 Å². The van der Waals surface area contributed by atoms with Crippen molar-refractivity contribution in [3.05, 3.63) is 5.89 Å². The van der Waals surface area contributed by atoms with Crippen molar-refractivity contribution < 1.29 is 4.52 Å². The highest BCUT2D eigenvalue weighted by atomic mass is 16.5. The molecule has 2 heterocycles. The molecule has 2 fully saturated rings. The monoisotopic (exact) mass is 265 g/mol. The predicted molar refractivity (Wildman–Crippen MR) is 73.1 cm³/mol. The second-order valence-electron chi connectivity index (χ2n) is 5.76. The summed E-state index contributed by atoms with van der Waals surface area (Å²) in [6, 6.07) is 0. The molecule has 1 aromatic heterocycles. The summed E-state index contributed by atoms with van der Waals surface area (Å²) >= 11 is 0. The van der Waals surface area contributed by atoms with Gasteiger partial charge in [-0.3, -0.25) is 0 Å². The summed E-state index contributed by atoms with van der Waals surface area (Å²) in [5.74, 6) is 2.44. The molecule has 6 heteroatoms. The standard InChI is InChI=1S/C13H23N5O/c1-17-5-7-18(8-6-17)13-15-12(19-16-13)11-4-2-3-10(11)9-14/h10-11H,2-9,14H2,1H3. The zero-order valence-corrected chi connectivity index (χ0v) is 11.6. The molecule has 2 unspecified atom stereocenters. The van der Waals surface area contributed by atoms with Gasteiger partial charge in [-0.25, -0.2) is 0 Å². The van der Waals surface area contributed by atoms with Crippen LogP contribution in [0.3, 0.4) is 0 Å². The Bertz CT molecular complexity index is 413. The molecule has 1 saturated heterocycles. The van der Waals surface area contributed by atoms with Crippen LogP contribution in [0.25, 0.3) is 0 Å². The summed E-state index contributed by atoms with van der Waals surface area (Å²) in [6.07, 6.45) is 3.54. The van der Waals surface area contributed by atoms with Crippen LogP contribution in [-0.2, 0) is 0 Å². The Morgan fingerprint density at radius 1 is 1.26 bits per heavy atom. The van der Waals surface area contributed by atoms with Gasteiger partial charge in [0, 0.05) is 32.1 Å². The molecule has 0 radical (unpaired) electrons. The first-order valence-electron chi connectivity index (χ1n) is 7.25. The second-order valence-corrected chi connectivity index (χ2v) is 5.76. The van der Waals surface area contributed by atoms with E-state index in [-0.39, 0.29) is 0 Å². The minimum absolute atomic E-state index is 0.374. The molecular weight excluding hydrogens is 242 g/mol. The molecule has 2 aliphatic rings. The molecule has 2 N–H and O–H groups in total. The highest BCUT2D eigenvalue weighted by molar-refractivity contribution is 5.29. The average Bonchev–Trinajstić information content (AvgIpc) is 3.07. The molecule has 2 atom stereocenters. The lowest BCUT2D eigenvalue weighted by Crippen LogP contribution is -2.44. The molecule has 3 rings (SSSR count). The van der Waals surface area contributed by atoms with Crippen molar-refractivity contribution >= 4 is 5.95 Å². The Morgan fingerprint density at radius 3 is 2.79 bits per heavy atom. The lowest BCUT2D eigenvalue weighted by molar-refractivity contribution is 0.306. The second kappa shape index (κ2) is 5.46. The van der Waals surface area contributed by atoms with Crippen LogP contribution in [-0.4, -0.2) is 54.8 Å². The summed E-state index contributed by atoms with van der Waals surface area (Å²) in [7, 11) is 2.14. The van der Waals surface area contributed by atoms with E-state index in [9.17, 15) is 0 Å². The van der Waals surface area contributed by atoms with E-state index in [4.69, 9.17) is 10.3 Å². The topological polar surface area (TPSA) is 71.4 Å². The normalized spacial score (nSPS) is 29.1. The number of nitrogens with zero attached hydrogens (tertiary/aromatic N) is 4. The minimum atomic E-state index is 0.374. The largest absolute Gasteiger partial charge is 0.337 e. The first kappa shape index (κ1) is 12.9. The number of hydrogen-bond donors (Lipinski definition) is 1. The molecule has 0 amide bonds. The molecule has 0 bridgehead atoms. The average molecular weight is 265 g/mol. The van der Waals surface area contributed by atoms with Crippen LogP contribution in [0, 0.1) is 5.92 Å². The number of aromatic nitrogens is 2. The van der Waals surface area contributed by atoms with Gasteiger partial charge < -0.3 is 20.1 Å². The Morgan fingerprint density at radius 2 is 2.05 bits per heavy atom. The van der Waals surface area contributed by atoms with Gasteiger partial charge >= 0.3 is 0 Å². The highest BCUT2D eigenvalue weighted by Crippen LogP contribution is 2.38. The molecule has 1 saturated carbocycles. The third-order valence-corrected chi connectivity index (χ3v) is 4.50. The van der Waals surface area contributed by atoms with Gasteiger partial charge in [-0.15, -0.1) is 0 Å². The lowest BCUT2D eigenvalue weighted by atomic mass is 9.96. The smallest absolute Gasteiger partial charge is 0.266 e. The zero-order chi connectivity index (χ0) is 13.2. The van der Waals surface area contributed by atoms with E-state index < -0.39 is 0 Å². The molecular formula is C13H23N5O. The Labute approximate surface area is 113 Å². The first-order valence-corrected chi connectivity index (χ1v) is 7.25. The van der Waals surface area contributed by atoms with Crippen LogP contribution in [0.15, 0.2) is 4.52 Å². The summed E-state index contributed by atoms with van der Waals surface area (Å²) in [5.41, 5.74) is 5.82. The van der Waals surface area contributed by atoms with Gasteiger partial charge in [0.1, 0.15) is 0 Å². The van der Waals surface area contributed by atoms with Crippen LogP contribution in [0.2, 0.25) is 0 Å². The minimum Gasteiger partial charge on any atom is -0.337 e. The van der Waals surface area contributed by atoms with Gasteiger partial charge in [0.2, 0.25) is 5.89 Å². The van der Waals surface area contributed by atoms with Gasteiger partial charge in [-0.05, 0) is 37.5 Å². The van der Waals surface area contributed by atoms with E-state index in [1.165, 1.54) is 12.8 Å². The van der Waals surface area contributed by atoms with E-state index in [0.29, 0.717) is 11.8 Å². The van der Waals surface area contributed by atoms with Gasteiger partial charge in [0.05, 0.1) is 0 Å². The third-order valence-electron chi connectivity index (χ3n) is 4.50. The van der Waals surface area contributed by atoms with E-state index >= 15 is 0 Å². The molecule has 19 heavy (non-hydrogen) atoms. The van der Waals surface area contributed by atoms with Gasteiger partial charge in [0.25, 0.3) is 5.95 Å². The van der Waals surface area contributed by atoms with Crippen molar-refractivity contribution in [3.8, 4) is 0 Å². The first-order chi connectivity index (χ1) is 9.28. The maximum absolute atomic E-state index is 5.82. The number of likely N-dealkylation sites (N-methyl/N-ethyl adjacent to an activating group) is 1. The van der Waals surface area contributed by atoms with Gasteiger partial charge in [-0.2, -0.15) is 4.98 Å². The lowest BCUT2D eigenvalue weighted by Gasteiger charge is -2.31. The zero-order valence-electron chi connectivity index (χ0n) is 11.6. The molecule has 1 aliphatic carbocycles. The van der Waals surface area contributed by atoms with E-state index in [2.05, 4.69) is 27.0 Å². The quantitative estimate of drug-likeness (QED) is 0.866. The molecule has 106 valence electrons. The fourth-order valence-electron chi connectivity index (χ4n) is 3.16. The summed E-state index contributed by atoms with van der Waals surface area (Å²) < 4.78 is 5.49.